The molecule has 0 saturated heterocycles. The van der Waals surface area contributed by atoms with Crippen molar-refractivity contribution in [1.82, 2.24) is 0 Å². The van der Waals surface area contributed by atoms with Crippen LogP contribution < -0.4 is 0 Å². The molecule has 84 valence electrons. The smallest absolute Gasteiger partial charge is 0.166 e. The first-order valence-electron chi connectivity index (χ1n) is 5.13. The van der Waals surface area contributed by atoms with E-state index in [1.807, 2.05) is 0 Å². The zero-order valence-corrected chi connectivity index (χ0v) is 8.68. The van der Waals surface area contributed by atoms with Crippen molar-refractivity contribution in [3.63, 3.8) is 0 Å². The van der Waals surface area contributed by atoms with Crippen LogP contribution in [-0.2, 0) is 0 Å². The van der Waals surface area contributed by atoms with E-state index in [-0.39, 0.29) is 5.39 Å². The van der Waals surface area contributed by atoms with Crippen LogP contribution in [0.5, 0.6) is 0 Å². The second kappa shape index (κ2) is 3.48. The molecule has 0 nitrogen and oxygen atoms in total. The van der Waals surface area contributed by atoms with Crippen molar-refractivity contribution in [3.05, 3.63) is 59.9 Å². The third-order valence-electron chi connectivity index (χ3n) is 2.85. The molecule has 3 heteroatoms. The quantitative estimate of drug-likeness (QED) is 0.503. The molecule has 3 aromatic carbocycles. The number of halogens is 3. The van der Waals surface area contributed by atoms with Gasteiger partial charge in [0.2, 0.25) is 0 Å². The Morgan fingerprint density at radius 3 is 2.24 bits per heavy atom. The molecule has 3 rings (SSSR count). The van der Waals surface area contributed by atoms with Gasteiger partial charge in [-0.25, -0.2) is 13.2 Å². The second-order valence-corrected chi connectivity index (χ2v) is 3.90. The van der Waals surface area contributed by atoms with Crippen LogP contribution in [0.4, 0.5) is 13.2 Å². The summed E-state index contributed by atoms with van der Waals surface area (Å²) in [5.74, 6) is -2.30. The molecule has 0 atom stereocenters. The molecule has 0 heterocycles. The van der Waals surface area contributed by atoms with Crippen molar-refractivity contribution >= 4 is 21.5 Å². The van der Waals surface area contributed by atoms with Gasteiger partial charge in [0, 0.05) is 10.8 Å². The van der Waals surface area contributed by atoms with Gasteiger partial charge in [0.05, 0.1) is 0 Å². The van der Waals surface area contributed by atoms with Gasteiger partial charge in [0.1, 0.15) is 5.82 Å². The number of hydrogen-bond acceptors (Lipinski definition) is 0. The van der Waals surface area contributed by atoms with E-state index in [1.54, 1.807) is 18.2 Å². The lowest BCUT2D eigenvalue weighted by atomic mass is 10.0. The maximum atomic E-state index is 13.6. The highest BCUT2D eigenvalue weighted by molar-refractivity contribution is 5.98. The summed E-state index contributed by atoms with van der Waals surface area (Å²) >= 11 is 0. The fraction of sp³-hybridized carbons (Fsp3) is 0. The van der Waals surface area contributed by atoms with Crippen LogP contribution in [0.25, 0.3) is 21.5 Å². The zero-order valence-electron chi connectivity index (χ0n) is 8.68. The normalized spacial score (nSPS) is 11.2. The summed E-state index contributed by atoms with van der Waals surface area (Å²) in [6.07, 6.45) is 0. The van der Waals surface area contributed by atoms with Crippen LogP contribution in [-0.4, -0.2) is 0 Å². The summed E-state index contributed by atoms with van der Waals surface area (Å²) in [6.45, 7) is 0. The van der Waals surface area contributed by atoms with Crippen molar-refractivity contribution in [2.24, 2.45) is 0 Å². The molecule has 0 spiro atoms. The SMILES string of the molecule is Fc1ccc2cc3cccc(F)c3cc2c1F. The van der Waals surface area contributed by atoms with Crippen molar-refractivity contribution in [2.75, 3.05) is 0 Å². The van der Waals surface area contributed by atoms with Gasteiger partial charge in [-0.1, -0.05) is 18.2 Å². The first-order valence-corrected chi connectivity index (χ1v) is 5.13. The van der Waals surface area contributed by atoms with Gasteiger partial charge in [-0.15, -0.1) is 0 Å². The van der Waals surface area contributed by atoms with Gasteiger partial charge in [-0.2, -0.15) is 0 Å². The molecule has 0 unspecified atom stereocenters. The Kier molecular flexibility index (Phi) is 2.08. The minimum atomic E-state index is -0.937. The molecule has 0 aromatic heterocycles. The van der Waals surface area contributed by atoms with Gasteiger partial charge in [-0.05, 0) is 35.0 Å². The lowest BCUT2D eigenvalue weighted by Crippen LogP contribution is -1.87. The van der Waals surface area contributed by atoms with Gasteiger partial charge < -0.3 is 0 Å². The Labute approximate surface area is 95.3 Å². The van der Waals surface area contributed by atoms with Crippen LogP contribution >= 0.6 is 0 Å². The second-order valence-electron chi connectivity index (χ2n) is 3.90. The lowest BCUT2D eigenvalue weighted by molar-refractivity contribution is 0.517. The van der Waals surface area contributed by atoms with Crippen LogP contribution in [0.1, 0.15) is 0 Å². The summed E-state index contributed by atoms with van der Waals surface area (Å²) in [7, 11) is 0. The summed E-state index contributed by atoms with van der Waals surface area (Å²) < 4.78 is 40.2. The maximum Gasteiger partial charge on any atom is 0.166 e. The highest BCUT2D eigenvalue weighted by atomic mass is 19.2. The summed E-state index contributed by atoms with van der Waals surface area (Å²) in [4.78, 5) is 0. The number of benzene rings is 3. The molecule has 0 saturated carbocycles. The Morgan fingerprint density at radius 2 is 1.41 bits per heavy atom. The minimum absolute atomic E-state index is 0.0996. The van der Waals surface area contributed by atoms with E-state index in [9.17, 15) is 13.2 Å². The van der Waals surface area contributed by atoms with Crippen molar-refractivity contribution in [2.45, 2.75) is 0 Å². The molecule has 17 heavy (non-hydrogen) atoms. The molecule has 0 N–H and O–H groups in total. The minimum Gasteiger partial charge on any atom is -0.206 e. The molecule has 0 aliphatic heterocycles. The Balaban J connectivity index is 2.53. The molecule has 0 amide bonds. The van der Waals surface area contributed by atoms with Crippen molar-refractivity contribution in [3.8, 4) is 0 Å². The first-order chi connectivity index (χ1) is 8.16. The molecule has 0 aliphatic carbocycles. The Hall–Kier alpha value is -2.03. The van der Waals surface area contributed by atoms with Gasteiger partial charge in [0.25, 0.3) is 0 Å². The van der Waals surface area contributed by atoms with Gasteiger partial charge in [0.15, 0.2) is 11.6 Å². The number of hydrogen-bond donors (Lipinski definition) is 0. The molecule has 0 bridgehead atoms. The van der Waals surface area contributed by atoms with E-state index in [1.165, 1.54) is 18.2 Å². The fourth-order valence-electron chi connectivity index (χ4n) is 2.00. The van der Waals surface area contributed by atoms with E-state index in [2.05, 4.69) is 0 Å². The monoisotopic (exact) mass is 232 g/mol. The maximum absolute atomic E-state index is 13.6. The summed E-state index contributed by atoms with van der Waals surface area (Å²) in [6, 6.07) is 10.2. The average Bonchev–Trinajstić information content (AvgIpc) is 2.33. The fourth-order valence-corrected chi connectivity index (χ4v) is 2.00. The molecule has 0 fully saturated rings. The third kappa shape index (κ3) is 1.46. The van der Waals surface area contributed by atoms with Gasteiger partial charge >= 0.3 is 0 Å². The predicted octanol–water partition coefficient (Wildman–Crippen LogP) is 4.41. The van der Waals surface area contributed by atoms with E-state index in [4.69, 9.17) is 0 Å². The molecule has 0 aliphatic rings. The van der Waals surface area contributed by atoms with Crippen LogP contribution in [0.2, 0.25) is 0 Å². The van der Waals surface area contributed by atoms with Crippen molar-refractivity contribution < 1.29 is 13.2 Å². The molecule has 3 aromatic rings. The number of rotatable bonds is 0. The van der Waals surface area contributed by atoms with Crippen molar-refractivity contribution in [1.29, 1.82) is 0 Å². The number of fused-ring (bicyclic) bond motifs is 2. The largest absolute Gasteiger partial charge is 0.206 e. The Morgan fingerprint density at radius 1 is 0.647 bits per heavy atom. The summed E-state index contributed by atoms with van der Waals surface area (Å²) in [5, 5.41) is 1.62. The third-order valence-corrected chi connectivity index (χ3v) is 2.85. The van der Waals surface area contributed by atoms with Crippen LogP contribution in [0, 0.1) is 17.5 Å². The molecular formula is C14H7F3. The van der Waals surface area contributed by atoms with E-state index in [0.717, 1.165) is 6.07 Å². The topological polar surface area (TPSA) is 0 Å². The standard InChI is InChI=1S/C14H7F3/c15-12-3-1-2-8-6-9-4-5-13(16)14(17)11(9)7-10(8)12/h1-7H. The van der Waals surface area contributed by atoms with Crippen LogP contribution in [0.3, 0.4) is 0 Å². The highest BCUT2D eigenvalue weighted by Gasteiger charge is 2.09. The predicted molar refractivity (Wildman–Crippen MR) is 61.3 cm³/mol. The Bertz CT molecular complexity index is 732. The van der Waals surface area contributed by atoms with E-state index < -0.39 is 17.5 Å². The lowest BCUT2D eigenvalue weighted by Gasteiger charge is -2.04. The molecular weight excluding hydrogens is 225 g/mol. The first kappa shape index (κ1) is 10.1. The highest BCUT2D eigenvalue weighted by Crippen LogP contribution is 2.27. The zero-order chi connectivity index (χ0) is 12.0. The van der Waals surface area contributed by atoms with E-state index in [0.29, 0.717) is 16.2 Å². The van der Waals surface area contributed by atoms with E-state index >= 15 is 0 Å². The average molecular weight is 232 g/mol. The van der Waals surface area contributed by atoms with Gasteiger partial charge in [-0.3, -0.25) is 0 Å². The molecule has 0 radical (unpaired) electrons. The van der Waals surface area contributed by atoms with Crippen LogP contribution in [0.15, 0.2) is 42.5 Å². The summed E-state index contributed by atoms with van der Waals surface area (Å²) in [5.41, 5.74) is 0.